The molecule has 0 aromatic heterocycles. The predicted molar refractivity (Wildman–Crippen MR) is 126 cm³/mol. The molecule has 178 valence electrons. The van der Waals surface area contributed by atoms with E-state index in [2.05, 4.69) is 5.32 Å². The van der Waals surface area contributed by atoms with Gasteiger partial charge < -0.3 is 10.1 Å². The molecule has 1 fully saturated rings. The minimum Gasteiger partial charge on any atom is -0.469 e. The van der Waals surface area contributed by atoms with E-state index in [4.69, 9.17) is 16.3 Å². The summed E-state index contributed by atoms with van der Waals surface area (Å²) in [6, 6.07) is 13.1. The molecule has 0 aliphatic carbocycles. The predicted octanol–water partition coefficient (Wildman–Crippen LogP) is 3.87. The highest BCUT2D eigenvalue weighted by atomic mass is 35.5. The second kappa shape index (κ2) is 11.6. The molecule has 1 aliphatic heterocycles. The van der Waals surface area contributed by atoms with Crippen LogP contribution in [0.2, 0.25) is 5.02 Å². The van der Waals surface area contributed by atoms with Crippen LogP contribution in [0, 0.1) is 0 Å². The summed E-state index contributed by atoms with van der Waals surface area (Å²) in [7, 11) is -2.17. The van der Waals surface area contributed by atoms with Gasteiger partial charge in [-0.25, -0.2) is 8.42 Å². The number of hydrogen-bond donors (Lipinski definition) is 1. The van der Waals surface area contributed by atoms with E-state index in [1.54, 1.807) is 48.5 Å². The van der Waals surface area contributed by atoms with Gasteiger partial charge in [0, 0.05) is 24.5 Å². The Balaban J connectivity index is 1.59. The lowest BCUT2D eigenvalue weighted by Crippen LogP contribution is -2.35. The van der Waals surface area contributed by atoms with Gasteiger partial charge in [0.25, 0.3) is 0 Å². The number of sulfonamides is 1. The third kappa shape index (κ3) is 7.03. The maximum Gasteiger partial charge on any atom is 0.307 e. The second-order valence-electron chi connectivity index (χ2n) is 8.06. The molecule has 9 heteroatoms. The highest BCUT2D eigenvalue weighted by molar-refractivity contribution is 7.89. The molecule has 0 radical (unpaired) electrons. The zero-order valence-corrected chi connectivity index (χ0v) is 20.2. The molecular formula is C24H29ClN2O5S. The number of ether oxygens (including phenoxy) is 1. The molecule has 1 saturated heterocycles. The molecule has 33 heavy (non-hydrogen) atoms. The molecule has 1 heterocycles. The van der Waals surface area contributed by atoms with Crippen molar-refractivity contribution in [3.63, 3.8) is 0 Å². The average Bonchev–Trinajstić information content (AvgIpc) is 2.83. The highest BCUT2D eigenvalue weighted by Gasteiger charge is 2.25. The molecule has 7 nitrogen and oxygen atoms in total. The zero-order chi connectivity index (χ0) is 23.8. The molecule has 0 spiro atoms. The van der Waals surface area contributed by atoms with Crippen molar-refractivity contribution in [1.29, 1.82) is 0 Å². The SMILES string of the molecule is COC(=O)CC(NC(=O)CCc1ccc(S(=O)(=O)N2CCCCC2)cc1)c1ccc(Cl)cc1. The Morgan fingerprint density at radius 2 is 1.67 bits per heavy atom. The maximum absolute atomic E-state index is 12.8. The zero-order valence-electron chi connectivity index (χ0n) is 18.6. The van der Waals surface area contributed by atoms with Crippen molar-refractivity contribution < 1.29 is 22.7 Å². The number of carbonyl (C=O) groups excluding carboxylic acids is 2. The van der Waals surface area contributed by atoms with Gasteiger partial charge in [0.1, 0.15) is 0 Å². The number of benzene rings is 2. The summed E-state index contributed by atoms with van der Waals surface area (Å²) < 4.78 is 31.8. The van der Waals surface area contributed by atoms with Crippen molar-refractivity contribution in [1.82, 2.24) is 9.62 Å². The first-order valence-corrected chi connectivity index (χ1v) is 12.8. The number of amides is 1. The van der Waals surface area contributed by atoms with Crippen LogP contribution in [-0.4, -0.2) is 44.8 Å². The first-order valence-electron chi connectivity index (χ1n) is 11.0. The van der Waals surface area contributed by atoms with Crippen LogP contribution >= 0.6 is 11.6 Å². The summed E-state index contributed by atoms with van der Waals surface area (Å²) in [5.41, 5.74) is 1.61. The average molecular weight is 493 g/mol. The van der Waals surface area contributed by atoms with Crippen LogP contribution in [0.5, 0.6) is 0 Å². The van der Waals surface area contributed by atoms with Gasteiger partial charge in [-0.2, -0.15) is 4.31 Å². The van der Waals surface area contributed by atoms with Gasteiger partial charge in [-0.15, -0.1) is 0 Å². The lowest BCUT2D eigenvalue weighted by atomic mass is 10.0. The van der Waals surface area contributed by atoms with Crippen LogP contribution in [0.1, 0.15) is 49.3 Å². The van der Waals surface area contributed by atoms with Crippen LogP contribution in [0.15, 0.2) is 53.4 Å². The van der Waals surface area contributed by atoms with Gasteiger partial charge in [-0.1, -0.05) is 42.3 Å². The van der Waals surface area contributed by atoms with E-state index in [1.165, 1.54) is 11.4 Å². The van der Waals surface area contributed by atoms with E-state index in [-0.39, 0.29) is 23.6 Å². The lowest BCUT2D eigenvalue weighted by molar-refractivity contribution is -0.141. The fourth-order valence-electron chi connectivity index (χ4n) is 3.80. The van der Waals surface area contributed by atoms with Gasteiger partial charge in [-0.05, 0) is 54.7 Å². The summed E-state index contributed by atoms with van der Waals surface area (Å²) >= 11 is 5.94. The molecule has 1 atom stereocenters. The first kappa shape index (κ1) is 25.2. The van der Waals surface area contributed by atoms with Crippen molar-refractivity contribution in [3.8, 4) is 0 Å². The van der Waals surface area contributed by atoms with Crippen LogP contribution in [0.3, 0.4) is 0 Å². The van der Waals surface area contributed by atoms with Crippen molar-refractivity contribution in [2.45, 2.75) is 49.5 Å². The third-order valence-corrected chi connectivity index (χ3v) is 7.89. The number of nitrogens with zero attached hydrogens (tertiary/aromatic N) is 1. The number of piperidine rings is 1. The molecule has 1 aliphatic rings. The smallest absolute Gasteiger partial charge is 0.307 e. The van der Waals surface area contributed by atoms with Crippen molar-refractivity contribution >= 4 is 33.5 Å². The lowest BCUT2D eigenvalue weighted by Gasteiger charge is -2.25. The van der Waals surface area contributed by atoms with Gasteiger partial charge in [0.2, 0.25) is 15.9 Å². The normalized spacial score (nSPS) is 15.6. The molecule has 1 amide bonds. The molecular weight excluding hydrogens is 464 g/mol. The topological polar surface area (TPSA) is 92.8 Å². The van der Waals surface area contributed by atoms with Gasteiger partial charge in [0.05, 0.1) is 24.5 Å². The maximum atomic E-state index is 12.8. The molecule has 0 saturated carbocycles. The number of rotatable bonds is 9. The number of halogens is 1. The number of hydrogen-bond acceptors (Lipinski definition) is 5. The van der Waals surface area contributed by atoms with E-state index in [1.807, 2.05) is 0 Å². The number of methoxy groups -OCH3 is 1. The van der Waals surface area contributed by atoms with Crippen LogP contribution in [0.4, 0.5) is 0 Å². The Labute approximate surface area is 200 Å². The molecule has 1 unspecified atom stereocenters. The fraction of sp³-hybridized carbons (Fsp3) is 0.417. The van der Waals surface area contributed by atoms with Gasteiger partial charge in [-0.3, -0.25) is 9.59 Å². The van der Waals surface area contributed by atoms with E-state index < -0.39 is 22.0 Å². The minimum atomic E-state index is -3.47. The van der Waals surface area contributed by atoms with E-state index in [9.17, 15) is 18.0 Å². The summed E-state index contributed by atoms with van der Waals surface area (Å²) in [6.07, 6.45) is 3.49. The van der Waals surface area contributed by atoms with E-state index >= 15 is 0 Å². The summed E-state index contributed by atoms with van der Waals surface area (Å²) in [5, 5.41) is 3.44. The van der Waals surface area contributed by atoms with Crippen molar-refractivity contribution in [2.75, 3.05) is 20.2 Å². The minimum absolute atomic E-state index is 0.00687. The van der Waals surface area contributed by atoms with Gasteiger partial charge in [0.15, 0.2) is 0 Å². The number of nitrogens with one attached hydrogen (secondary N) is 1. The first-order chi connectivity index (χ1) is 15.8. The second-order valence-corrected chi connectivity index (χ2v) is 10.4. The molecule has 2 aromatic carbocycles. The molecule has 2 aromatic rings. The van der Waals surface area contributed by atoms with Crippen LogP contribution < -0.4 is 5.32 Å². The molecule has 0 bridgehead atoms. The summed E-state index contributed by atoms with van der Waals surface area (Å²) in [6.45, 7) is 1.12. The Bertz CT molecular complexity index is 1050. The van der Waals surface area contributed by atoms with Crippen molar-refractivity contribution in [3.05, 3.63) is 64.7 Å². The van der Waals surface area contributed by atoms with E-state index in [0.29, 0.717) is 24.5 Å². The Kier molecular flexibility index (Phi) is 8.88. The largest absolute Gasteiger partial charge is 0.469 e. The fourth-order valence-corrected chi connectivity index (χ4v) is 5.45. The number of esters is 1. The Morgan fingerprint density at radius 1 is 1.03 bits per heavy atom. The highest BCUT2D eigenvalue weighted by Crippen LogP contribution is 2.22. The third-order valence-electron chi connectivity index (χ3n) is 5.72. The Morgan fingerprint density at radius 3 is 2.27 bits per heavy atom. The number of carbonyl (C=O) groups is 2. The molecule has 3 rings (SSSR count). The van der Waals surface area contributed by atoms with Crippen molar-refractivity contribution in [2.24, 2.45) is 0 Å². The van der Waals surface area contributed by atoms with Crippen LogP contribution in [-0.2, 0) is 30.8 Å². The number of aryl methyl sites for hydroxylation is 1. The summed E-state index contributed by atoms with van der Waals surface area (Å²) in [4.78, 5) is 24.7. The van der Waals surface area contributed by atoms with Crippen LogP contribution in [0.25, 0.3) is 0 Å². The Hall–Kier alpha value is -2.42. The van der Waals surface area contributed by atoms with Gasteiger partial charge >= 0.3 is 5.97 Å². The quantitative estimate of drug-likeness (QED) is 0.536. The summed E-state index contributed by atoms with van der Waals surface area (Å²) in [5.74, 6) is -0.648. The molecule has 1 N–H and O–H groups in total. The monoisotopic (exact) mass is 492 g/mol. The van der Waals surface area contributed by atoms with E-state index in [0.717, 1.165) is 30.4 Å². The standard InChI is InChI=1S/C24H29ClN2O5S/c1-32-24(29)17-22(19-8-10-20(25)11-9-19)26-23(28)14-7-18-5-12-21(13-6-18)33(30,31)27-15-3-2-4-16-27/h5-6,8-13,22H,2-4,7,14-17H2,1H3,(H,26,28).